The number of hydrogen-bond donors (Lipinski definition) is 0. The Morgan fingerprint density at radius 2 is 2.00 bits per heavy atom. The first-order valence-corrected chi connectivity index (χ1v) is 1.90. The molecule has 1 heteroatoms. The first kappa shape index (κ1) is 9.65. The molecule has 0 aromatic rings. The number of hydrogen-bond acceptors (Lipinski definition) is 1. The molecule has 1 nitrogen and oxygen atoms in total. The summed E-state index contributed by atoms with van der Waals surface area (Å²) in [6, 6.07) is 0. The topological polar surface area (TPSA) is 17.1 Å². The highest BCUT2D eigenvalue weighted by molar-refractivity contribution is 5.87. The smallest absolute Gasteiger partial charge is 0.152 e. The third kappa shape index (κ3) is 10.8. The van der Waals surface area contributed by atoms with E-state index in [1.807, 2.05) is 6.92 Å². The van der Waals surface area contributed by atoms with Crippen LogP contribution in [-0.2, 0) is 4.79 Å². The number of allylic oxidation sites excluding steroid dienone is 2. The molecule has 0 radical (unpaired) electrons. The molecule has 7 heavy (non-hydrogen) atoms. The monoisotopic (exact) mass is 100 g/mol. The van der Waals surface area contributed by atoms with Crippen molar-refractivity contribution < 1.29 is 4.79 Å². The van der Waals surface area contributed by atoms with Crippen molar-refractivity contribution in [3.05, 3.63) is 12.2 Å². The van der Waals surface area contributed by atoms with Crippen molar-refractivity contribution in [1.82, 2.24) is 0 Å². The predicted octanol–water partition coefficient (Wildman–Crippen LogP) is 1.79. The van der Waals surface area contributed by atoms with Crippen LogP contribution in [0.3, 0.4) is 0 Å². The third-order valence-corrected chi connectivity index (χ3v) is 0.401. The van der Waals surface area contributed by atoms with Gasteiger partial charge in [0.25, 0.3) is 0 Å². The Morgan fingerprint density at radius 3 is 2.00 bits per heavy atom. The second-order valence-electron chi connectivity index (χ2n) is 1.11. The lowest BCUT2D eigenvalue weighted by Gasteiger charge is -1.68. The molecule has 0 spiro atoms. The van der Waals surface area contributed by atoms with Gasteiger partial charge in [0.05, 0.1) is 0 Å². The molecule has 0 atom stereocenters. The van der Waals surface area contributed by atoms with E-state index >= 15 is 0 Å². The minimum atomic E-state index is 0. The van der Waals surface area contributed by atoms with Gasteiger partial charge in [-0.15, -0.1) is 0 Å². The molecule has 0 aliphatic heterocycles. The van der Waals surface area contributed by atoms with Crippen LogP contribution in [0.5, 0.6) is 0 Å². The lowest BCUT2D eigenvalue weighted by atomic mass is 10.4. The Hall–Kier alpha value is -0.590. The molecule has 0 bridgehead atoms. The first-order chi connectivity index (χ1) is 2.77. The zero-order chi connectivity index (χ0) is 4.99. The number of carbonyl (C=O) groups excluding carboxylic acids is 1. The quantitative estimate of drug-likeness (QED) is 0.459. The van der Waals surface area contributed by atoms with Crippen LogP contribution >= 0.6 is 0 Å². The summed E-state index contributed by atoms with van der Waals surface area (Å²) in [6.07, 6.45) is 3.25. The summed E-state index contributed by atoms with van der Waals surface area (Å²) in [5.41, 5.74) is 0. The predicted molar refractivity (Wildman–Crippen MR) is 32.2 cm³/mol. The second-order valence-corrected chi connectivity index (χ2v) is 1.11. The first-order valence-electron chi connectivity index (χ1n) is 1.90. The zero-order valence-corrected chi connectivity index (χ0v) is 4.06. The normalized spacial score (nSPS) is 8.29. The lowest BCUT2D eigenvalue weighted by molar-refractivity contribution is -0.112. The Kier molecular flexibility index (Phi) is 7.46. The van der Waals surface area contributed by atoms with E-state index in [9.17, 15) is 4.79 Å². The van der Waals surface area contributed by atoms with Gasteiger partial charge in [-0.25, -0.2) is 0 Å². The third-order valence-electron chi connectivity index (χ3n) is 0.401. The van der Waals surface area contributed by atoms with Gasteiger partial charge < -0.3 is 0 Å². The van der Waals surface area contributed by atoms with Crippen LogP contribution in [0.15, 0.2) is 12.2 Å². The van der Waals surface area contributed by atoms with Gasteiger partial charge >= 0.3 is 0 Å². The summed E-state index contributed by atoms with van der Waals surface area (Å²) in [6.45, 7) is 3.35. The van der Waals surface area contributed by atoms with Crippen LogP contribution in [0, 0.1) is 0 Å². The Bertz CT molecular complexity index is 72.2. The SMILES string of the molecule is C.CC=CC(C)=O. The molecular formula is C6H12O. The standard InChI is InChI=1S/C5H8O.CH4/c1-3-4-5(2)6;/h3-4H,1-2H3;1H4. The molecule has 42 valence electrons. The molecule has 0 saturated carbocycles. The van der Waals surface area contributed by atoms with Gasteiger partial charge in [-0.05, 0) is 19.9 Å². The van der Waals surface area contributed by atoms with Crippen LogP contribution < -0.4 is 0 Å². The van der Waals surface area contributed by atoms with E-state index in [0.717, 1.165) is 0 Å². The highest BCUT2D eigenvalue weighted by Crippen LogP contribution is 1.69. The van der Waals surface area contributed by atoms with Gasteiger partial charge in [0.15, 0.2) is 5.78 Å². The average molecular weight is 100 g/mol. The molecule has 0 aromatic heterocycles. The van der Waals surface area contributed by atoms with Crippen molar-refractivity contribution in [2.24, 2.45) is 0 Å². The van der Waals surface area contributed by atoms with Crippen molar-refractivity contribution in [2.45, 2.75) is 21.3 Å². The fourth-order valence-electron chi connectivity index (χ4n) is 0.235. The molecule has 0 aliphatic rings. The van der Waals surface area contributed by atoms with Crippen LogP contribution in [-0.4, -0.2) is 5.78 Å². The van der Waals surface area contributed by atoms with Crippen molar-refractivity contribution in [3.63, 3.8) is 0 Å². The summed E-state index contributed by atoms with van der Waals surface area (Å²) in [5.74, 6) is 0.109. The van der Waals surface area contributed by atoms with Crippen molar-refractivity contribution in [2.75, 3.05) is 0 Å². The Labute approximate surface area is 45.0 Å². The van der Waals surface area contributed by atoms with E-state index in [2.05, 4.69) is 0 Å². The van der Waals surface area contributed by atoms with Crippen LogP contribution in [0.2, 0.25) is 0 Å². The number of carbonyl (C=O) groups is 1. The highest BCUT2D eigenvalue weighted by atomic mass is 16.1. The van der Waals surface area contributed by atoms with Gasteiger partial charge in [-0.3, -0.25) is 4.79 Å². The largest absolute Gasteiger partial charge is 0.295 e. The molecule has 0 amide bonds. The van der Waals surface area contributed by atoms with E-state index in [0.29, 0.717) is 0 Å². The molecular weight excluding hydrogens is 88.1 g/mol. The van der Waals surface area contributed by atoms with Crippen LogP contribution in [0.1, 0.15) is 21.3 Å². The van der Waals surface area contributed by atoms with E-state index in [1.165, 1.54) is 13.0 Å². The van der Waals surface area contributed by atoms with E-state index in [1.54, 1.807) is 6.08 Å². The molecule has 0 N–H and O–H groups in total. The maximum Gasteiger partial charge on any atom is 0.152 e. The van der Waals surface area contributed by atoms with E-state index < -0.39 is 0 Å². The molecule has 0 fully saturated rings. The Morgan fingerprint density at radius 1 is 1.57 bits per heavy atom. The summed E-state index contributed by atoms with van der Waals surface area (Å²) < 4.78 is 0. The maximum atomic E-state index is 9.96. The van der Waals surface area contributed by atoms with Gasteiger partial charge in [-0.1, -0.05) is 13.5 Å². The number of rotatable bonds is 1. The average Bonchev–Trinajstić information content (AvgIpc) is 1.35. The fourth-order valence-corrected chi connectivity index (χ4v) is 0.235. The van der Waals surface area contributed by atoms with Crippen molar-refractivity contribution in [1.29, 1.82) is 0 Å². The Balaban J connectivity index is 0. The summed E-state index contributed by atoms with van der Waals surface area (Å²) in [5, 5.41) is 0. The van der Waals surface area contributed by atoms with Gasteiger partial charge in [-0.2, -0.15) is 0 Å². The van der Waals surface area contributed by atoms with Gasteiger partial charge in [0.1, 0.15) is 0 Å². The van der Waals surface area contributed by atoms with Gasteiger partial charge in [0, 0.05) is 0 Å². The molecule has 0 rings (SSSR count). The maximum absolute atomic E-state index is 9.96. The van der Waals surface area contributed by atoms with Gasteiger partial charge in [0.2, 0.25) is 0 Å². The lowest BCUT2D eigenvalue weighted by Crippen LogP contribution is -1.76. The van der Waals surface area contributed by atoms with E-state index in [-0.39, 0.29) is 13.2 Å². The van der Waals surface area contributed by atoms with Crippen LogP contribution in [0.25, 0.3) is 0 Å². The van der Waals surface area contributed by atoms with E-state index in [4.69, 9.17) is 0 Å². The fraction of sp³-hybridized carbons (Fsp3) is 0.500. The summed E-state index contributed by atoms with van der Waals surface area (Å²) >= 11 is 0. The molecule has 0 unspecified atom stereocenters. The molecule has 0 aromatic carbocycles. The summed E-state index contributed by atoms with van der Waals surface area (Å²) in [7, 11) is 0. The minimum absolute atomic E-state index is 0. The zero-order valence-electron chi connectivity index (χ0n) is 4.06. The minimum Gasteiger partial charge on any atom is -0.295 e. The summed E-state index contributed by atoms with van der Waals surface area (Å²) in [4.78, 5) is 9.96. The van der Waals surface area contributed by atoms with Crippen molar-refractivity contribution in [3.8, 4) is 0 Å². The molecule has 0 heterocycles. The van der Waals surface area contributed by atoms with Crippen LogP contribution in [0.4, 0.5) is 0 Å². The highest BCUT2D eigenvalue weighted by Gasteiger charge is 1.73. The second kappa shape index (κ2) is 5.41. The molecule has 0 aliphatic carbocycles. The van der Waals surface area contributed by atoms with Crippen molar-refractivity contribution >= 4 is 5.78 Å². The molecule has 0 saturated heterocycles. The number of ketones is 1.